The standard InChI is InChI=1S/C33H64BO22P/c34-29(35)1-2-42-3-4-43-5-6-44-7-8-45-9-10-46-11-12-47-13-14-48-15-16-49-17-18-50-19-20-51-21-22-52-23-24-53-25-26-54-33-32(38)31(37)30(36)28(56-33)27-55-57(39,40)41/h28,30-33,36-38H,1-27H2,(H2,39,40,41). The van der Waals surface area contributed by atoms with Crippen LogP contribution in [-0.2, 0) is 80.2 Å². The SMILES string of the molecule is [B]C(=O)CCOCCOCCOCCOCCOCCOCCOCCOCCOCCOCCOCCOCCOC1OC(COP(=O)(O)O)C(O)C(O)C1O. The lowest BCUT2D eigenvalue weighted by Crippen LogP contribution is -2.59. The van der Waals surface area contributed by atoms with Gasteiger partial charge in [-0.1, -0.05) is 0 Å². The maximum atomic E-state index is 10.9. The lowest BCUT2D eigenvalue weighted by molar-refractivity contribution is -0.301. The van der Waals surface area contributed by atoms with Gasteiger partial charge in [0.25, 0.3) is 0 Å². The summed E-state index contributed by atoms with van der Waals surface area (Å²) in [4.78, 5) is 28.2. The van der Waals surface area contributed by atoms with E-state index in [0.717, 1.165) is 0 Å². The summed E-state index contributed by atoms with van der Waals surface area (Å²) < 4.78 is 90.7. The molecule has 1 aliphatic rings. The van der Waals surface area contributed by atoms with Crippen LogP contribution in [0.4, 0.5) is 0 Å². The first-order valence-corrected chi connectivity index (χ1v) is 20.4. The van der Waals surface area contributed by atoms with Crippen molar-refractivity contribution in [2.75, 3.05) is 172 Å². The molecule has 0 aromatic carbocycles. The zero-order chi connectivity index (χ0) is 41.7. The molecule has 0 aliphatic carbocycles. The number of phosphoric acid groups is 1. The molecule has 1 heterocycles. The number of rotatable bonds is 43. The molecule has 1 saturated heterocycles. The molecule has 2 radical (unpaired) electrons. The highest BCUT2D eigenvalue weighted by atomic mass is 31.2. The van der Waals surface area contributed by atoms with Crippen LogP contribution in [0.1, 0.15) is 6.42 Å². The predicted octanol–water partition coefficient (Wildman–Crippen LogP) is -2.80. The number of carbonyl (C=O) groups excluding carboxylic acids is 1. The summed E-state index contributed by atoms with van der Waals surface area (Å²) in [5.41, 5.74) is -0.388. The van der Waals surface area contributed by atoms with Crippen molar-refractivity contribution in [2.24, 2.45) is 0 Å². The molecule has 5 atom stereocenters. The van der Waals surface area contributed by atoms with E-state index in [1.807, 2.05) is 0 Å². The molecule has 5 N–H and O–H groups in total. The summed E-state index contributed by atoms with van der Waals surface area (Å²) in [6.45, 7) is 8.94. The molecule has 1 fully saturated rings. The Labute approximate surface area is 335 Å². The van der Waals surface area contributed by atoms with Gasteiger partial charge in [-0.3, -0.25) is 4.52 Å². The van der Waals surface area contributed by atoms with Crippen molar-refractivity contribution in [1.29, 1.82) is 0 Å². The van der Waals surface area contributed by atoms with Crippen molar-refractivity contribution in [3.05, 3.63) is 0 Å². The van der Waals surface area contributed by atoms with Crippen molar-refractivity contribution in [1.82, 2.24) is 0 Å². The molecule has 0 spiro atoms. The summed E-state index contributed by atoms with van der Waals surface area (Å²) in [5.74, 6) is 0. The minimum absolute atomic E-state index is 0.0368. The minimum Gasteiger partial charge on any atom is -0.387 e. The van der Waals surface area contributed by atoms with Crippen molar-refractivity contribution in [3.63, 3.8) is 0 Å². The van der Waals surface area contributed by atoms with Gasteiger partial charge in [0.1, 0.15) is 24.4 Å². The summed E-state index contributed by atoms with van der Waals surface area (Å²) >= 11 is 0. The second-order valence-electron chi connectivity index (χ2n) is 11.7. The Hall–Kier alpha value is -0.835. The van der Waals surface area contributed by atoms with Crippen LogP contribution >= 0.6 is 7.82 Å². The third-order valence-electron chi connectivity index (χ3n) is 7.17. The number of hydrogen-bond donors (Lipinski definition) is 5. The van der Waals surface area contributed by atoms with Gasteiger partial charge in [-0.05, 0) is 0 Å². The summed E-state index contributed by atoms with van der Waals surface area (Å²) in [6, 6.07) is 0. The fraction of sp³-hybridized carbons (Fsp3) is 0.970. The molecule has 5 unspecified atom stereocenters. The quantitative estimate of drug-likeness (QED) is 0.0236. The van der Waals surface area contributed by atoms with Gasteiger partial charge in [0, 0.05) is 6.42 Å². The molecule has 0 aromatic rings. The highest BCUT2D eigenvalue weighted by Crippen LogP contribution is 2.37. The zero-order valence-electron chi connectivity index (χ0n) is 32.7. The van der Waals surface area contributed by atoms with E-state index in [2.05, 4.69) is 4.52 Å². The van der Waals surface area contributed by atoms with E-state index in [0.29, 0.717) is 145 Å². The molecule has 0 amide bonds. The highest BCUT2D eigenvalue weighted by Gasteiger charge is 2.45. The second-order valence-corrected chi connectivity index (χ2v) is 13.0. The smallest absolute Gasteiger partial charge is 0.387 e. The van der Waals surface area contributed by atoms with E-state index in [1.165, 1.54) is 0 Å². The second kappa shape index (κ2) is 38.1. The number of aliphatic hydroxyl groups is 3. The molecule has 1 rings (SSSR count). The fourth-order valence-corrected chi connectivity index (χ4v) is 4.62. The number of carbonyl (C=O) groups is 1. The Kier molecular flexibility index (Phi) is 36.2. The Morgan fingerprint density at radius 3 is 1.02 bits per heavy atom. The molecule has 0 saturated carbocycles. The van der Waals surface area contributed by atoms with Crippen LogP contribution in [-0.4, -0.2) is 241 Å². The topological polar surface area (TPSA) is 274 Å². The monoisotopic (exact) mass is 854 g/mol. The minimum atomic E-state index is -4.82. The van der Waals surface area contributed by atoms with Gasteiger partial charge in [0.05, 0.1) is 177 Å². The Morgan fingerprint density at radius 2 is 0.737 bits per heavy atom. The third kappa shape index (κ3) is 34.6. The van der Waals surface area contributed by atoms with Gasteiger partial charge in [0.2, 0.25) is 0 Å². The lowest BCUT2D eigenvalue weighted by Gasteiger charge is -2.40. The highest BCUT2D eigenvalue weighted by molar-refractivity contribution is 7.46. The molecule has 336 valence electrons. The number of aliphatic hydroxyl groups excluding tert-OH is 3. The zero-order valence-corrected chi connectivity index (χ0v) is 33.6. The van der Waals surface area contributed by atoms with Crippen LogP contribution in [0.3, 0.4) is 0 Å². The molecule has 1 aliphatic heterocycles. The van der Waals surface area contributed by atoms with Crippen molar-refractivity contribution in [3.8, 4) is 0 Å². The van der Waals surface area contributed by atoms with E-state index in [4.69, 9.17) is 83.9 Å². The van der Waals surface area contributed by atoms with Gasteiger partial charge in [0.15, 0.2) is 14.1 Å². The van der Waals surface area contributed by atoms with Gasteiger partial charge in [-0.15, -0.1) is 0 Å². The molecule has 0 aromatic heterocycles. The van der Waals surface area contributed by atoms with Gasteiger partial charge >= 0.3 is 7.82 Å². The van der Waals surface area contributed by atoms with E-state index < -0.39 is 45.1 Å². The molecular formula is C33H64BO22P. The van der Waals surface area contributed by atoms with E-state index in [9.17, 15) is 24.7 Å². The average molecular weight is 855 g/mol. The van der Waals surface area contributed by atoms with Crippen molar-refractivity contribution < 1.29 is 105 Å². The normalized spacial score (nSPS) is 20.1. The van der Waals surface area contributed by atoms with Crippen LogP contribution in [0.25, 0.3) is 0 Å². The Morgan fingerprint density at radius 1 is 0.456 bits per heavy atom. The molecule has 24 heteroatoms. The van der Waals surface area contributed by atoms with E-state index in [1.54, 1.807) is 0 Å². The van der Waals surface area contributed by atoms with Crippen molar-refractivity contribution in [2.45, 2.75) is 37.1 Å². The largest absolute Gasteiger partial charge is 0.469 e. The Balaban J connectivity index is 1.72. The van der Waals surface area contributed by atoms with Crippen LogP contribution in [0.15, 0.2) is 0 Å². The third-order valence-corrected chi connectivity index (χ3v) is 7.66. The summed E-state index contributed by atoms with van der Waals surface area (Å²) in [6.07, 6.45) is -7.39. The van der Waals surface area contributed by atoms with E-state index >= 15 is 0 Å². The van der Waals surface area contributed by atoms with Gasteiger partial charge in [-0.2, -0.15) is 0 Å². The van der Waals surface area contributed by atoms with Crippen LogP contribution in [0.5, 0.6) is 0 Å². The summed E-state index contributed by atoms with van der Waals surface area (Å²) in [7, 11) is 0.192. The first-order chi connectivity index (χ1) is 27.6. The van der Waals surface area contributed by atoms with Gasteiger partial charge in [-0.25, -0.2) is 4.57 Å². The van der Waals surface area contributed by atoms with Crippen LogP contribution in [0, 0.1) is 0 Å². The van der Waals surface area contributed by atoms with Crippen LogP contribution in [0.2, 0.25) is 0 Å². The van der Waals surface area contributed by atoms with Crippen molar-refractivity contribution >= 4 is 21.4 Å². The molecule has 57 heavy (non-hydrogen) atoms. The number of phosphoric ester groups is 1. The average Bonchev–Trinajstić information content (AvgIpc) is 3.17. The molecular weight excluding hydrogens is 790 g/mol. The number of hydrogen-bond acceptors (Lipinski definition) is 20. The maximum Gasteiger partial charge on any atom is 0.469 e. The molecule has 0 bridgehead atoms. The first-order valence-electron chi connectivity index (χ1n) is 18.8. The fourth-order valence-electron chi connectivity index (χ4n) is 4.28. The Bertz CT molecular complexity index is 956. The maximum absolute atomic E-state index is 10.9. The van der Waals surface area contributed by atoms with E-state index in [-0.39, 0.29) is 31.9 Å². The predicted molar refractivity (Wildman–Crippen MR) is 196 cm³/mol. The number of ether oxygens (including phenoxy) is 14. The first kappa shape index (κ1) is 54.2. The molecule has 22 nitrogen and oxygen atoms in total. The van der Waals surface area contributed by atoms with Gasteiger partial charge < -0.3 is 96.2 Å². The van der Waals surface area contributed by atoms with Crippen LogP contribution < -0.4 is 0 Å². The summed E-state index contributed by atoms with van der Waals surface area (Å²) in [5, 5.41) is 29.9. The lowest BCUT2D eigenvalue weighted by atomic mass is 9.99.